The van der Waals surface area contributed by atoms with Crippen molar-refractivity contribution in [2.24, 2.45) is 0 Å². The molecule has 0 fully saturated rings. The second kappa shape index (κ2) is 8.97. The van der Waals surface area contributed by atoms with Crippen molar-refractivity contribution in [3.05, 3.63) is 59.3 Å². The highest BCUT2D eigenvalue weighted by molar-refractivity contribution is 7.89. The fraction of sp³-hybridized carbons (Fsp3) is 0.278. The van der Waals surface area contributed by atoms with E-state index in [1.54, 1.807) is 38.1 Å². The van der Waals surface area contributed by atoms with E-state index in [2.05, 4.69) is 20.8 Å². The predicted molar refractivity (Wildman–Crippen MR) is 109 cm³/mol. The van der Waals surface area contributed by atoms with E-state index in [0.29, 0.717) is 24.5 Å². The average Bonchev–Trinajstić information content (AvgIpc) is 3.25. The number of hydrogen-bond acceptors (Lipinski definition) is 7. The second-order valence-electron chi connectivity index (χ2n) is 6.27. The van der Waals surface area contributed by atoms with Crippen molar-refractivity contribution >= 4 is 21.6 Å². The van der Waals surface area contributed by atoms with Gasteiger partial charge in [0.2, 0.25) is 15.9 Å². The lowest BCUT2D eigenvalue weighted by Gasteiger charge is -2.19. The molecular formula is C18H21N7O4S. The minimum atomic E-state index is -3.74. The number of sulfonamides is 1. The summed E-state index contributed by atoms with van der Waals surface area (Å²) in [6, 6.07) is 9.16. The lowest BCUT2D eigenvalue weighted by Crippen LogP contribution is -2.33. The monoisotopic (exact) mass is 431 g/mol. The Morgan fingerprint density at radius 2 is 1.80 bits per heavy atom. The summed E-state index contributed by atoms with van der Waals surface area (Å²) in [5, 5.41) is 13.6. The number of hydrogen-bond donors (Lipinski definition) is 1. The maximum Gasteiger partial charge on any atom is 0.251 e. The van der Waals surface area contributed by atoms with Gasteiger partial charge in [-0.3, -0.25) is 9.59 Å². The highest BCUT2D eigenvalue weighted by Crippen LogP contribution is 2.14. The van der Waals surface area contributed by atoms with Crippen LogP contribution >= 0.6 is 0 Å². The van der Waals surface area contributed by atoms with E-state index >= 15 is 0 Å². The van der Waals surface area contributed by atoms with Crippen LogP contribution in [0.1, 0.15) is 13.8 Å². The van der Waals surface area contributed by atoms with Gasteiger partial charge in [-0.2, -0.15) is 4.31 Å². The standard InChI is InChI=1S/C18H21N7O4S/c1-3-24(4-2)30(28,29)16-9-10-18(27)23(11-16)12-17(26)20-14-5-7-15(8-6-14)25-13-19-21-22-25/h5-11,13H,3-4,12H2,1-2H3,(H,20,26). The summed E-state index contributed by atoms with van der Waals surface area (Å²) >= 11 is 0. The Morgan fingerprint density at radius 1 is 1.10 bits per heavy atom. The molecular weight excluding hydrogens is 410 g/mol. The van der Waals surface area contributed by atoms with Crippen molar-refractivity contribution in [2.75, 3.05) is 18.4 Å². The number of rotatable bonds is 8. The molecule has 30 heavy (non-hydrogen) atoms. The van der Waals surface area contributed by atoms with Crippen molar-refractivity contribution in [2.45, 2.75) is 25.3 Å². The van der Waals surface area contributed by atoms with Crippen LogP contribution in [0.3, 0.4) is 0 Å². The van der Waals surface area contributed by atoms with E-state index in [1.165, 1.54) is 27.6 Å². The van der Waals surface area contributed by atoms with Crippen LogP contribution in [0.25, 0.3) is 5.69 Å². The molecule has 0 unspecified atom stereocenters. The Kier molecular flexibility index (Phi) is 6.37. The molecule has 0 saturated heterocycles. The molecule has 2 heterocycles. The van der Waals surface area contributed by atoms with E-state index in [9.17, 15) is 18.0 Å². The van der Waals surface area contributed by atoms with Crippen molar-refractivity contribution in [1.82, 2.24) is 29.1 Å². The molecule has 0 saturated carbocycles. The first-order valence-corrected chi connectivity index (χ1v) is 10.6. The first-order valence-electron chi connectivity index (χ1n) is 9.19. The van der Waals surface area contributed by atoms with E-state index in [4.69, 9.17) is 0 Å². The third-order valence-corrected chi connectivity index (χ3v) is 6.41. The molecule has 0 aliphatic heterocycles. The molecule has 0 aliphatic rings. The highest BCUT2D eigenvalue weighted by atomic mass is 32.2. The van der Waals surface area contributed by atoms with Crippen LogP contribution in [0.15, 0.2) is 58.6 Å². The molecule has 1 amide bonds. The molecule has 2 aromatic heterocycles. The molecule has 0 atom stereocenters. The van der Waals surface area contributed by atoms with Crippen molar-refractivity contribution in [3.8, 4) is 5.69 Å². The Morgan fingerprint density at radius 3 is 2.40 bits per heavy atom. The summed E-state index contributed by atoms with van der Waals surface area (Å²) in [5.74, 6) is -0.468. The summed E-state index contributed by atoms with van der Waals surface area (Å²) in [4.78, 5) is 24.5. The first kappa shape index (κ1) is 21.3. The van der Waals surface area contributed by atoms with Crippen LogP contribution in [0.5, 0.6) is 0 Å². The van der Waals surface area contributed by atoms with E-state index < -0.39 is 21.5 Å². The minimum absolute atomic E-state index is 0.0376. The predicted octanol–water partition coefficient (Wildman–Crippen LogP) is 0.493. The van der Waals surface area contributed by atoms with Gasteiger partial charge < -0.3 is 9.88 Å². The molecule has 3 aromatic rings. The number of amides is 1. The van der Waals surface area contributed by atoms with Crippen LogP contribution in [-0.2, 0) is 21.4 Å². The first-order chi connectivity index (χ1) is 14.3. The fourth-order valence-corrected chi connectivity index (χ4v) is 4.31. The number of anilines is 1. The molecule has 0 bridgehead atoms. The molecule has 1 N–H and O–H groups in total. The summed E-state index contributed by atoms with van der Waals surface area (Å²) in [6.45, 7) is 3.75. The zero-order valence-corrected chi connectivity index (χ0v) is 17.3. The molecule has 0 aliphatic carbocycles. The van der Waals surface area contributed by atoms with E-state index in [1.807, 2.05) is 0 Å². The zero-order valence-electron chi connectivity index (χ0n) is 16.5. The van der Waals surface area contributed by atoms with Gasteiger partial charge in [0, 0.05) is 31.0 Å². The van der Waals surface area contributed by atoms with Gasteiger partial charge in [-0.25, -0.2) is 13.1 Å². The summed E-state index contributed by atoms with van der Waals surface area (Å²) < 4.78 is 29.1. The largest absolute Gasteiger partial charge is 0.325 e. The second-order valence-corrected chi connectivity index (χ2v) is 8.21. The molecule has 158 valence electrons. The number of nitrogens with zero attached hydrogens (tertiary/aromatic N) is 6. The third kappa shape index (κ3) is 4.60. The van der Waals surface area contributed by atoms with Crippen molar-refractivity contribution in [1.29, 1.82) is 0 Å². The van der Waals surface area contributed by atoms with Gasteiger partial charge in [0.1, 0.15) is 12.9 Å². The van der Waals surface area contributed by atoms with Crippen molar-refractivity contribution in [3.63, 3.8) is 0 Å². The Labute approximate surface area is 173 Å². The van der Waals surface area contributed by atoms with Crippen LogP contribution in [0.2, 0.25) is 0 Å². The summed E-state index contributed by atoms with van der Waals surface area (Å²) in [6.07, 6.45) is 2.63. The molecule has 12 heteroatoms. The highest BCUT2D eigenvalue weighted by Gasteiger charge is 2.22. The van der Waals surface area contributed by atoms with E-state index in [0.717, 1.165) is 10.6 Å². The molecule has 0 spiro atoms. The zero-order chi connectivity index (χ0) is 21.7. The number of pyridine rings is 1. The number of benzene rings is 1. The SMILES string of the molecule is CCN(CC)S(=O)(=O)c1ccc(=O)n(CC(=O)Nc2ccc(-n3cnnn3)cc2)c1. The molecule has 11 nitrogen and oxygen atoms in total. The van der Waals surface area contributed by atoms with Gasteiger partial charge in [-0.1, -0.05) is 13.8 Å². The summed E-state index contributed by atoms with van der Waals surface area (Å²) in [7, 11) is -3.74. The molecule has 1 aromatic carbocycles. The lowest BCUT2D eigenvalue weighted by molar-refractivity contribution is -0.116. The number of carbonyl (C=O) groups is 1. The smallest absolute Gasteiger partial charge is 0.251 e. The Balaban J connectivity index is 1.74. The van der Waals surface area contributed by atoms with Crippen LogP contribution in [-0.4, -0.2) is 56.5 Å². The van der Waals surface area contributed by atoms with Gasteiger partial charge in [0.05, 0.1) is 10.6 Å². The number of carbonyl (C=O) groups excluding carboxylic acids is 1. The number of nitrogens with one attached hydrogen (secondary N) is 1. The van der Waals surface area contributed by atoms with Crippen molar-refractivity contribution < 1.29 is 13.2 Å². The number of aromatic nitrogens is 5. The Bertz CT molecular complexity index is 1170. The lowest BCUT2D eigenvalue weighted by atomic mass is 10.3. The van der Waals surface area contributed by atoms with Gasteiger partial charge in [0.15, 0.2) is 0 Å². The van der Waals surface area contributed by atoms with Gasteiger partial charge in [0.25, 0.3) is 5.56 Å². The topological polar surface area (TPSA) is 132 Å². The van der Waals surface area contributed by atoms with Crippen LogP contribution in [0, 0.1) is 0 Å². The van der Waals surface area contributed by atoms with E-state index in [-0.39, 0.29) is 11.4 Å². The fourth-order valence-electron chi connectivity index (χ4n) is 2.83. The minimum Gasteiger partial charge on any atom is -0.325 e. The van der Waals surface area contributed by atoms with Gasteiger partial charge in [-0.15, -0.1) is 5.10 Å². The normalized spacial score (nSPS) is 11.6. The summed E-state index contributed by atoms with van der Waals surface area (Å²) in [5.41, 5.74) is 0.748. The van der Waals surface area contributed by atoms with Gasteiger partial charge >= 0.3 is 0 Å². The van der Waals surface area contributed by atoms with Gasteiger partial charge in [-0.05, 0) is 40.8 Å². The Hall–Kier alpha value is -3.38. The average molecular weight is 431 g/mol. The molecule has 3 rings (SSSR count). The number of tetrazole rings is 1. The van der Waals surface area contributed by atoms with Crippen LogP contribution in [0.4, 0.5) is 5.69 Å². The molecule has 0 radical (unpaired) electrons. The quantitative estimate of drug-likeness (QED) is 0.549. The third-order valence-electron chi connectivity index (χ3n) is 4.38. The maximum absolute atomic E-state index is 12.7. The van der Waals surface area contributed by atoms with Crippen LogP contribution < -0.4 is 10.9 Å². The maximum atomic E-state index is 12.7.